The molecule has 0 saturated carbocycles. The third kappa shape index (κ3) is 22.9. The zero-order chi connectivity index (χ0) is 16.9. The summed E-state index contributed by atoms with van der Waals surface area (Å²) in [6, 6.07) is 0. The van der Waals surface area contributed by atoms with Crippen LogP contribution in [0.25, 0.3) is 0 Å². The van der Waals surface area contributed by atoms with E-state index in [2.05, 4.69) is 0 Å². The molecule has 0 aromatic heterocycles. The Morgan fingerprint density at radius 2 is 1.38 bits per heavy atom. The number of rotatable bonds is 10. The second-order valence-corrected chi connectivity index (χ2v) is 8.43. The summed E-state index contributed by atoms with van der Waals surface area (Å²) in [5.41, 5.74) is -0.728. The Balaban J connectivity index is 0. The van der Waals surface area contributed by atoms with Gasteiger partial charge in [0.2, 0.25) is 0 Å². The van der Waals surface area contributed by atoms with Gasteiger partial charge in [0.05, 0.1) is 11.7 Å². The van der Waals surface area contributed by atoms with Crippen molar-refractivity contribution in [2.45, 2.75) is 78.4 Å². The van der Waals surface area contributed by atoms with Gasteiger partial charge in [0.1, 0.15) is 0 Å². The van der Waals surface area contributed by atoms with Gasteiger partial charge in [0, 0.05) is 6.42 Å². The average molecular weight is 346 g/mol. The number of hydrogen-bond acceptors (Lipinski definition) is 6. The Bertz CT molecular complexity index is 216. The van der Waals surface area contributed by atoms with Crippen LogP contribution in [0.3, 0.4) is 0 Å². The van der Waals surface area contributed by atoms with E-state index in [0.717, 1.165) is 25.7 Å². The van der Waals surface area contributed by atoms with E-state index in [1.807, 2.05) is 13.8 Å². The summed E-state index contributed by atoms with van der Waals surface area (Å²) in [5, 5.41) is 17.8. The van der Waals surface area contributed by atoms with Crippen LogP contribution in [0.2, 0.25) is 0 Å². The maximum absolute atomic E-state index is 9.27. The van der Waals surface area contributed by atoms with Gasteiger partial charge in [-0.05, 0) is 20.8 Å². The van der Waals surface area contributed by atoms with Gasteiger partial charge in [-0.25, -0.2) is 0 Å². The van der Waals surface area contributed by atoms with Crippen molar-refractivity contribution in [3.63, 3.8) is 0 Å². The molecule has 0 aromatic rings. The minimum absolute atomic E-state index is 0.385. The van der Waals surface area contributed by atoms with Crippen molar-refractivity contribution in [3.05, 3.63) is 0 Å². The van der Waals surface area contributed by atoms with Gasteiger partial charge in [-0.1, -0.05) is 0 Å². The third-order valence-electron chi connectivity index (χ3n) is 2.37. The first-order valence-corrected chi connectivity index (χ1v) is 10.3. The van der Waals surface area contributed by atoms with E-state index >= 15 is 0 Å². The molecule has 0 radical (unpaired) electrons. The predicted octanol–water partition coefficient (Wildman–Crippen LogP) is 1.95. The molecule has 0 aliphatic carbocycles. The minimum atomic E-state index is -4.26. The molecule has 21 heavy (non-hydrogen) atoms. The second-order valence-electron chi connectivity index (χ2n) is 5.82. The monoisotopic (exact) mass is 346 g/mol. The Morgan fingerprint density at radius 3 is 1.57 bits per heavy atom. The van der Waals surface area contributed by atoms with Crippen LogP contribution in [-0.4, -0.2) is 42.5 Å². The molecule has 0 bridgehead atoms. The van der Waals surface area contributed by atoms with Crippen molar-refractivity contribution in [2.24, 2.45) is 0 Å². The second kappa shape index (κ2) is 13.0. The van der Waals surface area contributed by atoms with Gasteiger partial charge < -0.3 is 10.2 Å². The van der Waals surface area contributed by atoms with Gasteiger partial charge in [-0.15, -0.1) is 0 Å². The molecule has 0 saturated heterocycles. The number of hydrogen-bond donors (Lipinski definition) is 4. The van der Waals surface area contributed by atoms with E-state index in [1.54, 1.807) is 20.8 Å². The van der Waals surface area contributed by atoms with E-state index in [-0.39, 0.29) is 0 Å². The van der Waals surface area contributed by atoms with Gasteiger partial charge in [0.25, 0.3) is 0 Å². The first kappa shape index (κ1) is 23.7. The molecule has 0 aliphatic heterocycles. The average Bonchev–Trinajstić information content (AvgIpc) is 2.26. The summed E-state index contributed by atoms with van der Waals surface area (Å²) >= 11 is -4.26. The van der Waals surface area contributed by atoms with E-state index in [1.165, 1.54) is 0 Å². The normalized spacial score (nSPS) is 13.6. The molecule has 0 heterocycles. The quantitative estimate of drug-likeness (QED) is 0.356. The van der Waals surface area contributed by atoms with Gasteiger partial charge >= 0.3 is 84.9 Å². The summed E-state index contributed by atoms with van der Waals surface area (Å²) in [4.78, 5) is 0. The summed E-state index contributed by atoms with van der Waals surface area (Å²) in [6.07, 6.45) is 3.67. The Hall–Kier alpha value is 0.474. The van der Waals surface area contributed by atoms with Gasteiger partial charge in [0.15, 0.2) is 0 Å². The van der Waals surface area contributed by atoms with Crippen molar-refractivity contribution in [1.29, 1.82) is 0 Å². The van der Waals surface area contributed by atoms with E-state index in [0.29, 0.717) is 19.6 Å². The molecular formula is C14H34O6Ti. The van der Waals surface area contributed by atoms with Crippen LogP contribution in [0.1, 0.15) is 66.7 Å². The molecule has 1 atom stereocenters. The first-order chi connectivity index (χ1) is 9.54. The summed E-state index contributed by atoms with van der Waals surface area (Å²) in [6.45, 7) is 9.83. The number of aliphatic hydroxyl groups excluding tert-OH is 1. The molecule has 4 N–H and O–H groups in total. The Kier molecular flexibility index (Phi) is 14.7. The first-order valence-electron chi connectivity index (χ1n) is 7.67. The zero-order valence-electron chi connectivity index (χ0n) is 14.1. The maximum atomic E-state index is 9.27. The van der Waals surface area contributed by atoms with Crippen molar-refractivity contribution in [3.8, 4) is 0 Å². The van der Waals surface area contributed by atoms with E-state index in [4.69, 9.17) is 16.8 Å². The van der Waals surface area contributed by atoms with Crippen LogP contribution in [0.4, 0.5) is 0 Å². The predicted molar refractivity (Wildman–Crippen MR) is 78.8 cm³/mol. The standard InChI is InChI=1S/C6H14O2.2C4H9O.2H2O.Ti/c1-5(7)4-6(2,3)8;2*1-2-3-4-5;;;/h5,7-8H,4H2,1-3H3;2*2-4H2,1H3;2*1H2;/q;2*-1;;;+4/p-2. The summed E-state index contributed by atoms with van der Waals surface area (Å²) < 4.78 is 28.3. The fraction of sp³-hybridized carbons (Fsp3) is 1.00. The summed E-state index contributed by atoms with van der Waals surface area (Å²) in [5.74, 6) is 0. The molecule has 0 aromatic carbocycles. The molecule has 130 valence electrons. The van der Waals surface area contributed by atoms with Gasteiger partial charge in [-0.3, -0.25) is 0 Å². The van der Waals surface area contributed by atoms with Crippen LogP contribution >= 0.6 is 0 Å². The van der Waals surface area contributed by atoms with Crippen molar-refractivity contribution in [1.82, 2.24) is 0 Å². The zero-order valence-corrected chi connectivity index (χ0v) is 15.7. The molecular weight excluding hydrogens is 312 g/mol. The number of aliphatic hydroxyl groups is 2. The molecule has 0 amide bonds. The molecule has 0 fully saturated rings. The number of unbranched alkanes of at least 4 members (excludes halogenated alkanes) is 2. The third-order valence-corrected chi connectivity index (χ3v) is 4.18. The summed E-state index contributed by atoms with van der Waals surface area (Å²) in [7, 11) is 0. The van der Waals surface area contributed by atoms with E-state index < -0.39 is 29.8 Å². The van der Waals surface area contributed by atoms with Crippen molar-refractivity contribution in [2.75, 3.05) is 13.2 Å². The molecule has 1 unspecified atom stereocenters. The van der Waals surface area contributed by atoms with Crippen LogP contribution in [0.15, 0.2) is 0 Å². The van der Waals surface area contributed by atoms with Crippen molar-refractivity contribution >= 4 is 0 Å². The molecule has 0 aliphatic rings. The van der Waals surface area contributed by atoms with Crippen LogP contribution < -0.4 is 0 Å². The van der Waals surface area contributed by atoms with Crippen LogP contribution in [-0.2, 0) is 24.8 Å². The fourth-order valence-electron chi connectivity index (χ4n) is 1.46. The van der Waals surface area contributed by atoms with Gasteiger partial charge in [-0.2, -0.15) is 0 Å². The topological polar surface area (TPSA) is 99.4 Å². The molecule has 7 heteroatoms. The van der Waals surface area contributed by atoms with Crippen LogP contribution in [0, 0.1) is 0 Å². The SMILES string of the molecule is CC(O)CC(C)(C)O.CCCC[O][Ti]([OH])([OH])[O]CCCC. The Morgan fingerprint density at radius 1 is 1.00 bits per heavy atom. The Labute approximate surface area is 134 Å². The molecule has 0 spiro atoms. The fourth-order valence-corrected chi connectivity index (χ4v) is 2.87. The molecule has 0 rings (SSSR count). The molecule has 6 nitrogen and oxygen atoms in total. The van der Waals surface area contributed by atoms with Crippen molar-refractivity contribution < 1.29 is 42.4 Å². The van der Waals surface area contributed by atoms with E-state index in [9.17, 15) is 7.38 Å². The van der Waals surface area contributed by atoms with Crippen LogP contribution in [0.5, 0.6) is 0 Å².